The minimum Gasteiger partial charge on any atom is -0.412 e. The smallest absolute Gasteiger partial charge is 0.0217 e. The minimum absolute atomic E-state index is 0. The Labute approximate surface area is 106 Å². The van der Waals surface area contributed by atoms with Gasteiger partial charge in [0.2, 0.25) is 0 Å². The monoisotopic (exact) mass is 260 g/mol. The lowest BCUT2D eigenvalue weighted by Gasteiger charge is -2.30. The standard InChI is InChI=1S/C10H22N2.2ClH.H2O/c1-10(2,3)9(11)8-12-6-4-5-7-12;;;/h9H,4-8,11H2,1-3H3;2*1H;1H2. The fourth-order valence-electron chi connectivity index (χ4n) is 1.52. The number of likely N-dealkylation sites (tertiary alicyclic amines) is 1. The zero-order chi connectivity index (χ0) is 9.19. The summed E-state index contributed by atoms with van der Waals surface area (Å²) < 4.78 is 0. The molecule has 0 aliphatic carbocycles. The third-order valence-corrected chi connectivity index (χ3v) is 2.77. The third kappa shape index (κ3) is 7.36. The summed E-state index contributed by atoms with van der Waals surface area (Å²) in [4.78, 5) is 2.48. The molecular weight excluding hydrogens is 235 g/mol. The average molecular weight is 261 g/mol. The Hall–Kier alpha value is 0.460. The molecule has 96 valence electrons. The molecule has 1 rings (SSSR count). The van der Waals surface area contributed by atoms with Gasteiger partial charge in [0.15, 0.2) is 0 Å². The van der Waals surface area contributed by atoms with Gasteiger partial charge in [-0.05, 0) is 31.3 Å². The molecule has 1 saturated heterocycles. The van der Waals surface area contributed by atoms with E-state index in [9.17, 15) is 0 Å². The van der Waals surface area contributed by atoms with Crippen LogP contribution in [0, 0.1) is 5.41 Å². The molecular formula is C10H26Cl2N2O. The fraction of sp³-hybridized carbons (Fsp3) is 1.00. The molecule has 15 heavy (non-hydrogen) atoms. The van der Waals surface area contributed by atoms with Crippen LogP contribution in [0.15, 0.2) is 0 Å². The molecule has 4 N–H and O–H groups in total. The van der Waals surface area contributed by atoms with E-state index in [2.05, 4.69) is 25.7 Å². The van der Waals surface area contributed by atoms with Crippen LogP contribution >= 0.6 is 24.8 Å². The van der Waals surface area contributed by atoms with E-state index < -0.39 is 0 Å². The maximum Gasteiger partial charge on any atom is 0.0217 e. The van der Waals surface area contributed by atoms with E-state index >= 15 is 0 Å². The molecule has 1 aliphatic rings. The van der Waals surface area contributed by atoms with Gasteiger partial charge in [-0.3, -0.25) is 0 Å². The summed E-state index contributed by atoms with van der Waals surface area (Å²) in [5.41, 5.74) is 6.34. The van der Waals surface area contributed by atoms with Crippen LogP contribution in [-0.2, 0) is 0 Å². The van der Waals surface area contributed by atoms with Crippen LogP contribution in [-0.4, -0.2) is 36.1 Å². The van der Waals surface area contributed by atoms with Crippen LogP contribution < -0.4 is 5.73 Å². The second-order valence-electron chi connectivity index (χ2n) is 4.98. The van der Waals surface area contributed by atoms with Gasteiger partial charge in [-0.2, -0.15) is 0 Å². The zero-order valence-corrected chi connectivity index (χ0v) is 11.6. The average Bonchev–Trinajstić information content (AvgIpc) is 2.37. The fourth-order valence-corrected chi connectivity index (χ4v) is 1.52. The predicted molar refractivity (Wildman–Crippen MR) is 71.2 cm³/mol. The van der Waals surface area contributed by atoms with Crippen molar-refractivity contribution in [3.8, 4) is 0 Å². The van der Waals surface area contributed by atoms with Crippen molar-refractivity contribution in [3.05, 3.63) is 0 Å². The molecule has 1 aliphatic heterocycles. The minimum atomic E-state index is 0. The van der Waals surface area contributed by atoms with Crippen molar-refractivity contribution in [2.45, 2.75) is 39.7 Å². The summed E-state index contributed by atoms with van der Waals surface area (Å²) in [5.74, 6) is 0. The van der Waals surface area contributed by atoms with Gasteiger partial charge in [-0.25, -0.2) is 0 Å². The van der Waals surface area contributed by atoms with Gasteiger partial charge in [0.05, 0.1) is 0 Å². The Kier molecular flexibility index (Phi) is 11.9. The van der Waals surface area contributed by atoms with Gasteiger partial charge < -0.3 is 16.1 Å². The molecule has 0 aromatic rings. The lowest BCUT2D eigenvalue weighted by atomic mass is 9.87. The molecule has 3 nitrogen and oxygen atoms in total. The van der Waals surface area contributed by atoms with E-state index in [1.165, 1.54) is 25.9 Å². The summed E-state index contributed by atoms with van der Waals surface area (Å²) >= 11 is 0. The van der Waals surface area contributed by atoms with E-state index in [-0.39, 0.29) is 35.7 Å². The maximum absolute atomic E-state index is 6.09. The highest BCUT2D eigenvalue weighted by Crippen LogP contribution is 2.19. The molecule has 0 radical (unpaired) electrons. The van der Waals surface area contributed by atoms with Crippen LogP contribution in [0.25, 0.3) is 0 Å². The molecule has 0 spiro atoms. The molecule has 1 fully saturated rings. The molecule has 0 saturated carbocycles. The van der Waals surface area contributed by atoms with Crippen molar-refractivity contribution in [1.29, 1.82) is 0 Å². The largest absolute Gasteiger partial charge is 0.412 e. The van der Waals surface area contributed by atoms with E-state index in [4.69, 9.17) is 5.73 Å². The first kappa shape index (κ1) is 20.8. The van der Waals surface area contributed by atoms with Crippen molar-refractivity contribution < 1.29 is 5.48 Å². The van der Waals surface area contributed by atoms with Gasteiger partial charge in [-0.15, -0.1) is 24.8 Å². The molecule has 0 aromatic heterocycles. The summed E-state index contributed by atoms with van der Waals surface area (Å²) in [6.07, 6.45) is 2.72. The first-order valence-electron chi connectivity index (χ1n) is 4.98. The first-order valence-corrected chi connectivity index (χ1v) is 4.98. The molecule has 0 amide bonds. The molecule has 5 heteroatoms. The molecule has 0 aromatic carbocycles. The number of halogens is 2. The van der Waals surface area contributed by atoms with Crippen molar-refractivity contribution >= 4 is 24.8 Å². The predicted octanol–water partition coefficient (Wildman–Crippen LogP) is 1.47. The Balaban J connectivity index is -0.000000480. The van der Waals surface area contributed by atoms with E-state index in [1.807, 2.05) is 0 Å². The van der Waals surface area contributed by atoms with Crippen LogP contribution in [0.3, 0.4) is 0 Å². The van der Waals surface area contributed by atoms with Crippen LogP contribution in [0.4, 0.5) is 0 Å². The summed E-state index contributed by atoms with van der Waals surface area (Å²) in [5, 5.41) is 0. The zero-order valence-electron chi connectivity index (χ0n) is 9.95. The maximum atomic E-state index is 6.09. The molecule has 1 atom stereocenters. The second kappa shape index (κ2) is 8.59. The Morgan fingerprint density at radius 3 is 1.87 bits per heavy atom. The summed E-state index contributed by atoms with van der Waals surface area (Å²) in [6, 6.07) is 0.315. The number of hydrogen-bond donors (Lipinski definition) is 1. The Morgan fingerprint density at radius 1 is 1.13 bits per heavy atom. The Bertz CT molecular complexity index is 145. The summed E-state index contributed by atoms with van der Waals surface area (Å²) in [7, 11) is 0. The van der Waals surface area contributed by atoms with E-state index in [0.29, 0.717) is 6.04 Å². The normalized spacial score (nSPS) is 18.4. The quantitative estimate of drug-likeness (QED) is 0.818. The Morgan fingerprint density at radius 2 is 1.53 bits per heavy atom. The van der Waals surface area contributed by atoms with Crippen LogP contribution in [0.1, 0.15) is 33.6 Å². The van der Waals surface area contributed by atoms with Gasteiger partial charge in [0, 0.05) is 12.6 Å². The lowest BCUT2D eigenvalue weighted by Crippen LogP contribution is -2.44. The van der Waals surface area contributed by atoms with E-state index in [1.54, 1.807) is 0 Å². The number of rotatable bonds is 2. The number of nitrogens with two attached hydrogens (primary N) is 1. The van der Waals surface area contributed by atoms with Crippen molar-refractivity contribution in [3.63, 3.8) is 0 Å². The number of nitrogens with zero attached hydrogens (tertiary/aromatic N) is 1. The van der Waals surface area contributed by atoms with Gasteiger partial charge in [-0.1, -0.05) is 20.8 Å². The summed E-state index contributed by atoms with van der Waals surface area (Å²) in [6.45, 7) is 10.2. The molecule has 1 heterocycles. The van der Waals surface area contributed by atoms with Crippen LogP contribution in [0.2, 0.25) is 0 Å². The van der Waals surface area contributed by atoms with Gasteiger partial charge in [0.25, 0.3) is 0 Å². The SMILES string of the molecule is CC(C)(C)C(N)CN1CCCC1.Cl.Cl.O. The van der Waals surface area contributed by atoms with Gasteiger partial charge >= 0.3 is 0 Å². The highest BCUT2D eigenvalue weighted by atomic mass is 35.5. The van der Waals surface area contributed by atoms with Crippen molar-refractivity contribution in [1.82, 2.24) is 4.90 Å². The van der Waals surface area contributed by atoms with E-state index in [0.717, 1.165) is 6.54 Å². The highest BCUT2D eigenvalue weighted by molar-refractivity contribution is 5.85. The topological polar surface area (TPSA) is 60.8 Å². The van der Waals surface area contributed by atoms with Crippen molar-refractivity contribution in [2.24, 2.45) is 11.1 Å². The number of hydrogen-bond acceptors (Lipinski definition) is 2. The highest BCUT2D eigenvalue weighted by Gasteiger charge is 2.23. The first-order chi connectivity index (χ1) is 5.50. The third-order valence-electron chi connectivity index (χ3n) is 2.77. The lowest BCUT2D eigenvalue weighted by molar-refractivity contribution is 0.227. The van der Waals surface area contributed by atoms with Crippen molar-refractivity contribution in [2.75, 3.05) is 19.6 Å². The molecule has 0 bridgehead atoms. The molecule has 1 unspecified atom stereocenters. The second-order valence-corrected chi connectivity index (χ2v) is 4.98. The van der Waals surface area contributed by atoms with Crippen LogP contribution in [0.5, 0.6) is 0 Å². The van der Waals surface area contributed by atoms with Gasteiger partial charge in [0.1, 0.15) is 0 Å².